The fraction of sp³-hybridized carbons (Fsp3) is 0.200. The molecule has 0 radical (unpaired) electrons. The van der Waals surface area contributed by atoms with E-state index in [1.54, 1.807) is 12.1 Å². The van der Waals surface area contributed by atoms with E-state index in [9.17, 15) is 10.1 Å². The zero-order valence-corrected chi connectivity index (χ0v) is 15.5. The molecule has 0 bridgehead atoms. The molecule has 6 heteroatoms. The predicted octanol–water partition coefficient (Wildman–Crippen LogP) is 3.92. The van der Waals surface area contributed by atoms with Crippen molar-refractivity contribution < 1.29 is 9.53 Å². The lowest BCUT2D eigenvalue weighted by molar-refractivity contribution is -0.117. The molecule has 0 atom stereocenters. The summed E-state index contributed by atoms with van der Waals surface area (Å²) < 4.78 is 5.57. The van der Waals surface area contributed by atoms with Gasteiger partial charge in [0.25, 0.3) is 0 Å². The summed E-state index contributed by atoms with van der Waals surface area (Å²) in [7, 11) is 3.67. The molecule has 0 saturated carbocycles. The summed E-state index contributed by atoms with van der Waals surface area (Å²) in [6.07, 6.45) is 0. The number of aryl methyl sites for hydroxylation is 1. The Morgan fingerprint density at radius 3 is 2.35 bits per heavy atom. The van der Waals surface area contributed by atoms with Crippen LogP contribution in [0.1, 0.15) is 5.56 Å². The third-order valence-corrected chi connectivity index (χ3v) is 4.61. The number of ether oxygens (including phenoxy) is 1. The van der Waals surface area contributed by atoms with Crippen LogP contribution in [0.25, 0.3) is 0 Å². The maximum Gasteiger partial charge on any atom is 0.214 e. The molecule has 0 N–H and O–H groups in total. The molecule has 0 saturated heterocycles. The van der Waals surface area contributed by atoms with Crippen molar-refractivity contribution in [2.45, 2.75) is 6.92 Å². The number of hydrogen-bond donors (Lipinski definition) is 0. The quantitative estimate of drug-likeness (QED) is 0.605. The molecular formula is C20H18ClN3O2. The summed E-state index contributed by atoms with van der Waals surface area (Å²) in [5, 5.41) is 10.0. The lowest BCUT2D eigenvalue weighted by atomic mass is 10.2. The van der Waals surface area contributed by atoms with Gasteiger partial charge in [-0.3, -0.25) is 4.79 Å². The lowest BCUT2D eigenvalue weighted by Gasteiger charge is -2.20. The molecule has 1 aliphatic rings. The molecular weight excluding hydrogens is 350 g/mol. The van der Waals surface area contributed by atoms with E-state index < -0.39 is 5.78 Å². The second kappa shape index (κ2) is 7.11. The number of para-hydroxylation sites is 2. The van der Waals surface area contributed by atoms with Crippen molar-refractivity contribution in [2.24, 2.45) is 0 Å². The molecule has 0 amide bonds. The molecule has 26 heavy (non-hydrogen) atoms. The summed E-state index contributed by atoms with van der Waals surface area (Å²) in [5.74, 6) is 0.572. The number of carbonyl (C=O) groups excluding carboxylic acids is 1. The van der Waals surface area contributed by atoms with Crippen molar-refractivity contribution in [1.29, 1.82) is 5.26 Å². The Balaban J connectivity index is 1.87. The smallest absolute Gasteiger partial charge is 0.214 e. The van der Waals surface area contributed by atoms with E-state index in [1.807, 2.05) is 67.2 Å². The van der Waals surface area contributed by atoms with Gasteiger partial charge in [0.05, 0.1) is 16.4 Å². The monoisotopic (exact) mass is 367 g/mol. The van der Waals surface area contributed by atoms with Gasteiger partial charge in [-0.05, 0) is 36.8 Å². The van der Waals surface area contributed by atoms with E-state index in [0.29, 0.717) is 16.6 Å². The summed E-state index contributed by atoms with van der Waals surface area (Å²) in [5.41, 5.74) is 2.90. The molecule has 0 aliphatic carbocycles. The van der Waals surface area contributed by atoms with E-state index in [-0.39, 0.29) is 12.2 Å². The van der Waals surface area contributed by atoms with Crippen LogP contribution >= 0.6 is 11.6 Å². The number of fused-ring (bicyclic) bond motifs is 1. The van der Waals surface area contributed by atoms with Crippen LogP contribution in [0.2, 0.25) is 5.02 Å². The van der Waals surface area contributed by atoms with Gasteiger partial charge in [-0.1, -0.05) is 29.8 Å². The first kappa shape index (κ1) is 17.8. The largest absolute Gasteiger partial charge is 0.484 e. The van der Waals surface area contributed by atoms with Crippen LogP contribution in [0, 0.1) is 18.3 Å². The topological polar surface area (TPSA) is 56.6 Å². The van der Waals surface area contributed by atoms with Crippen molar-refractivity contribution >= 4 is 28.8 Å². The minimum absolute atomic E-state index is 0.0509. The van der Waals surface area contributed by atoms with Crippen LogP contribution in [-0.4, -0.2) is 26.5 Å². The molecule has 132 valence electrons. The fourth-order valence-electron chi connectivity index (χ4n) is 2.99. The molecule has 0 unspecified atom stereocenters. The molecule has 3 rings (SSSR count). The minimum Gasteiger partial charge on any atom is -0.484 e. The highest BCUT2D eigenvalue weighted by Crippen LogP contribution is 2.40. The number of carbonyl (C=O) groups is 1. The van der Waals surface area contributed by atoms with Crippen molar-refractivity contribution in [3.63, 3.8) is 0 Å². The van der Waals surface area contributed by atoms with Crippen molar-refractivity contribution in [3.05, 3.63) is 64.4 Å². The average molecular weight is 368 g/mol. The van der Waals surface area contributed by atoms with Gasteiger partial charge in [-0.2, -0.15) is 5.26 Å². The van der Waals surface area contributed by atoms with Gasteiger partial charge in [0.2, 0.25) is 5.78 Å². The van der Waals surface area contributed by atoms with Gasteiger partial charge >= 0.3 is 0 Å². The second-order valence-electron chi connectivity index (χ2n) is 6.06. The number of rotatable bonds is 4. The molecule has 0 fully saturated rings. The van der Waals surface area contributed by atoms with Crippen molar-refractivity contribution in [1.82, 2.24) is 0 Å². The Morgan fingerprint density at radius 1 is 1.15 bits per heavy atom. The number of hydrogen-bond acceptors (Lipinski definition) is 5. The molecule has 2 aromatic rings. The van der Waals surface area contributed by atoms with Gasteiger partial charge in [-0.15, -0.1) is 0 Å². The van der Waals surface area contributed by atoms with Gasteiger partial charge in [0, 0.05) is 14.1 Å². The highest BCUT2D eigenvalue weighted by molar-refractivity contribution is 6.32. The van der Waals surface area contributed by atoms with Crippen LogP contribution in [-0.2, 0) is 4.79 Å². The zero-order valence-electron chi connectivity index (χ0n) is 14.8. The van der Waals surface area contributed by atoms with Crippen molar-refractivity contribution in [3.8, 4) is 11.8 Å². The lowest BCUT2D eigenvalue weighted by Crippen LogP contribution is -2.27. The third kappa shape index (κ3) is 3.12. The van der Waals surface area contributed by atoms with Gasteiger partial charge in [0.1, 0.15) is 23.2 Å². The average Bonchev–Trinajstić information content (AvgIpc) is 2.89. The number of benzene rings is 2. The Labute approximate surface area is 157 Å². The number of ketones is 1. The number of Topliss-reactive ketones (excluding diaryl/α,β-unsaturated/α-hetero) is 1. The Kier molecular flexibility index (Phi) is 4.88. The fourth-order valence-corrected chi connectivity index (χ4v) is 3.17. The first-order valence-electron chi connectivity index (χ1n) is 8.07. The van der Waals surface area contributed by atoms with Crippen LogP contribution in [0.5, 0.6) is 5.75 Å². The van der Waals surface area contributed by atoms with E-state index in [1.165, 1.54) is 0 Å². The predicted molar refractivity (Wildman–Crippen MR) is 103 cm³/mol. The number of nitriles is 1. The maximum atomic E-state index is 12.7. The highest BCUT2D eigenvalue weighted by atomic mass is 35.5. The summed E-state index contributed by atoms with van der Waals surface area (Å²) in [6, 6.07) is 15.1. The Hall–Kier alpha value is -2.97. The van der Waals surface area contributed by atoms with Crippen LogP contribution in [0.15, 0.2) is 53.9 Å². The normalized spacial score (nSPS) is 12.7. The number of halogens is 1. The van der Waals surface area contributed by atoms with Crippen LogP contribution < -0.4 is 14.5 Å². The first-order chi connectivity index (χ1) is 12.4. The first-order valence-corrected chi connectivity index (χ1v) is 8.45. The van der Waals surface area contributed by atoms with E-state index in [4.69, 9.17) is 16.3 Å². The van der Waals surface area contributed by atoms with Gasteiger partial charge in [0.15, 0.2) is 6.61 Å². The third-order valence-electron chi connectivity index (χ3n) is 4.30. The number of nitrogens with zero attached hydrogens (tertiary/aromatic N) is 3. The Morgan fingerprint density at radius 2 is 1.77 bits per heavy atom. The van der Waals surface area contributed by atoms with E-state index in [0.717, 1.165) is 16.9 Å². The van der Waals surface area contributed by atoms with Gasteiger partial charge in [-0.25, -0.2) is 0 Å². The number of anilines is 2. The van der Waals surface area contributed by atoms with Crippen LogP contribution in [0.3, 0.4) is 0 Å². The summed E-state index contributed by atoms with van der Waals surface area (Å²) in [6.45, 7) is 1.65. The van der Waals surface area contributed by atoms with Crippen molar-refractivity contribution in [2.75, 3.05) is 30.5 Å². The highest BCUT2D eigenvalue weighted by Gasteiger charge is 2.31. The van der Waals surface area contributed by atoms with Crippen LogP contribution in [0.4, 0.5) is 11.4 Å². The maximum absolute atomic E-state index is 12.7. The molecule has 1 heterocycles. The Bertz CT molecular complexity index is 915. The van der Waals surface area contributed by atoms with E-state index >= 15 is 0 Å². The molecule has 1 aliphatic heterocycles. The molecule has 0 aromatic heterocycles. The molecule has 0 spiro atoms. The standard InChI is InChI=1S/C20H18ClN3O2/c1-13-8-9-15(21)19(10-13)26-12-18(25)14(11-22)20-23(2)16-6-4-5-7-17(16)24(20)3/h4-10H,12H2,1-3H3. The molecule has 2 aromatic carbocycles. The van der Waals surface area contributed by atoms with Gasteiger partial charge < -0.3 is 14.5 Å². The van der Waals surface area contributed by atoms with E-state index in [2.05, 4.69) is 0 Å². The zero-order chi connectivity index (χ0) is 18.8. The summed E-state index contributed by atoms with van der Waals surface area (Å²) >= 11 is 6.10. The molecule has 5 nitrogen and oxygen atoms in total. The second-order valence-corrected chi connectivity index (χ2v) is 6.47. The summed E-state index contributed by atoms with van der Waals surface area (Å²) in [4.78, 5) is 16.3. The minimum atomic E-state index is -0.397. The SMILES string of the molecule is Cc1ccc(Cl)c(OCC(=O)C(C#N)=C2N(C)c3ccccc3N2C)c1.